The van der Waals surface area contributed by atoms with Crippen LogP contribution in [-0.2, 0) is 16.4 Å². The second kappa shape index (κ2) is 5.38. The molecule has 1 atom stereocenters. The molecule has 2 aromatic carbocycles. The van der Waals surface area contributed by atoms with E-state index in [-0.39, 0.29) is 6.04 Å². The normalized spacial score (nSPS) is 19.5. The SMILES string of the molecule is O=S(=O)(c1ccccc1)N1CCC1Cc1ccccc1. The fourth-order valence-corrected chi connectivity index (χ4v) is 4.24. The van der Waals surface area contributed by atoms with Crippen LogP contribution in [0.5, 0.6) is 0 Å². The van der Waals surface area contributed by atoms with E-state index in [1.54, 1.807) is 28.6 Å². The van der Waals surface area contributed by atoms with Crippen molar-refractivity contribution in [1.29, 1.82) is 0 Å². The summed E-state index contributed by atoms with van der Waals surface area (Å²) in [5, 5.41) is 0. The summed E-state index contributed by atoms with van der Waals surface area (Å²) in [6.45, 7) is 0.620. The van der Waals surface area contributed by atoms with Crippen molar-refractivity contribution in [2.24, 2.45) is 0 Å². The van der Waals surface area contributed by atoms with Crippen molar-refractivity contribution in [3.63, 3.8) is 0 Å². The molecule has 0 N–H and O–H groups in total. The number of nitrogens with zero attached hydrogens (tertiary/aromatic N) is 1. The summed E-state index contributed by atoms with van der Waals surface area (Å²) in [6, 6.07) is 18.8. The molecule has 0 aliphatic carbocycles. The minimum absolute atomic E-state index is 0.0857. The molecule has 0 bridgehead atoms. The van der Waals surface area contributed by atoms with Crippen molar-refractivity contribution < 1.29 is 8.42 Å². The Morgan fingerprint density at radius 3 is 2.10 bits per heavy atom. The fourth-order valence-electron chi connectivity index (χ4n) is 2.55. The van der Waals surface area contributed by atoms with Crippen LogP contribution in [0.4, 0.5) is 0 Å². The largest absolute Gasteiger partial charge is 0.243 e. The predicted octanol–water partition coefficient (Wildman–Crippen LogP) is 2.69. The lowest BCUT2D eigenvalue weighted by atomic mass is 9.98. The van der Waals surface area contributed by atoms with Crippen LogP contribution in [0.3, 0.4) is 0 Å². The van der Waals surface area contributed by atoms with E-state index in [1.807, 2.05) is 36.4 Å². The zero-order valence-electron chi connectivity index (χ0n) is 11.1. The molecule has 20 heavy (non-hydrogen) atoms. The smallest absolute Gasteiger partial charge is 0.207 e. The van der Waals surface area contributed by atoms with Crippen LogP contribution in [0.2, 0.25) is 0 Å². The molecule has 1 saturated heterocycles. The molecule has 104 valence electrons. The fraction of sp³-hybridized carbons (Fsp3) is 0.250. The standard InChI is InChI=1S/C16H17NO2S/c18-20(19,16-9-5-2-6-10-16)17-12-11-15(17)13-14-7-3-1-4-8-14/h1-10,15H,11-13H2. The van der Waals surface area contributed by atoms with Crippen LogP contribution < -0.4 is 0 Å². The van der Waals surface area contributed by atoms with Crippen molar-refractivity contribution in [3.8, 4) is 0 Å². The molecular weight excluding hydrogens is 270 g/mol. The summed E-state index contributed by atoms with van der Waals surface area (Å²) < 4.78 is 26.7. The second-order valence-corrected chi connectivity index (χ2v) is 6.95. The lowest BCUT2D eigenvalue weighted by molar-refractivity contribution is 0.198. The predicted molar refractivity (Wildman–Crippen MR) is 78.9 cm³/mol. The van der Waals surface area contributed by atoms with Crippen molar-refractivity contribution in [2.75, 3.05) is 6.54 Å². The van der Waals surface area contributed by atoms with E-state index < -0.39 is 10.0 Å². The van der Waals surface area contributed by atoms with Gasteiger partial charge in [-0.2, -0.15) is 4.31 Å². The highest BCUT2D eigenvalue weighted by Crippen LogP contribution is 2.28. The molecule has 1 aliphatic heterocycles. The summed E-state index contributed by atoms with van der Waals surface area (Å²) in [5.41, 5.74) is 1.19. The molecule has 4 heteroatoms. The molecule has 0 saturated carbocycles. The lowest BCUT2D eigenvalue weighted by Crippen LogP contribution is -2.51. The molecule has 1 unspecified atom stereocenters. The van der Waals surface area contributed by atoms with E-state index in [0.29, 0.717) is 11.4 Å². The lowest BCUT2D eigenvalue weighted by Gasteiger charge is -2.39. The van der Waals surface area contributed by atoms with Gasteiger partial charge >= 0.3 is 0 Å². The third kappa shape index (κ3) is 2.49. The van der Waals surface area contributed by atoms with Gasteiger partial charge < -0.3 is 0 Å². The van der Waals surface area contributed by atoms with Crippen LogP contribution in [0.25, 0.3) is 0 Å². The van der Waals surface area contributed by atoms with E-state index in [4.69, 9.17) is 0 Å². The maximum absolute atomic E-state index is 12.5. The van der Waals surface area contributed by atoms with Gasteiger partial charge in [-0.25, -0.2) is 8.42 Å². The average Bonchev–Trinajstić information content (AvgIpc) is 2.45. The van der Waals surface area contributed by atoms with Gasteiger partial charge in [-0.3, -0.25) is 0 Å². The summed E-state index contributed by atoms with van der Waals surface area (Å²) in [5.74, 6) is 0. The molecule has 1 aliphatic rings. The van der Waals surface area contributed by atoms with Crippen molar-refractivity contribution in [2.45, 2.75) is 23.8 Å². The van der Waals surface area contributed by atoms with E-state index in [1.165, 1.54) is 5.56 Å². The van der Waals surface area contributed by atoms with Crippen molar-refractivity contribution >= 4 is 10.0 Å². The molecule has 0 radical (unpaired) electrons. The monoisotopic (exact) mass is 287 g/mol. The maximum atomic E-state index is 12.5. The van der Waals surface area contributed by atoms with E-state index >= 15 is 0 Å². The van der Waals surface area contributed by atoms with E-state index in [0.717, 1.165) is 12.8 Å². The van der Waals surface area contributed by atoms with Crippen molar-refractivity contribution in [1.82, 2.24) is 4.31 Å². The summed E-state index contributed by atoms with van der Waals surface area (Å²) in [6.07, 6.45) is 1.72. The third-order valence-corrected chi connectivity index (χ3v) is 5.72. The van der Waals surface area contributed by atoms with Gasteiger partial charge in [-0.1, -0.05) is 48.5 Å². The van der Waals surface area contributed by atoms with Crippen molar-refractivity contribution in [3.05, 3.63) is 66.2 Å². The highest BCUT2D eigenvalue weighted by molar-refractivity contribution is 7.89. The second-order valence-electron chi connectivity index (χ2n) is 5.06. The zero-order valence-corrected chi connectivity index (χ0v) is 12.0. The molecule has 1 heterocycles. The Labute approximate surface area is 119 Å². The Morgan fingerprint density at radius 1 is 0.950 bits per heavy atom. The van der Waals surface area contributed by atoms with Gasteiger partial charge in [-0.15, -0.1) is 0 Å². The Kier molecular flexibility index (Phi) is 3.59. The summed E-state index contributed by atoms with van der Waals surface area (Å²) in [7, 11) is -3.34. The molecular formula is C16H17NO2S. The molecule has 3 nitrogen and oxygen atoms in total. The molecule has 3 rings (SSSR count). The first-order valence-corrected chi connectivity index (χ1v) is 8.23. The topological polar surface area (TPSA) is 37.4 Å². The molecule has 0 amide bonds. The molecule has 0 aromatic heterocycles. The number of sulfonamides is 1. The Morgan fingerprint density at radius 2 is 1.55 bits per heavy atom. The van der Waals surface area contributed by atoms with Crippen LogP contribution in [-0.4, -0.2) is 25.3 Å². The minimum atomic E-state index is -3.34. The number of benzene rings is 2. The summed E-state index contributed by atoms with van der Waals surface area (Å²) in [4.78, 5) is 0.387. The highest BCUT2D eigenvalue weighted by Gasteiger charge is 2.38. The quantitative estimate of drug-likeness (QED) is 0.867. The maximum Gasteiger partial charge on any atom is 0.243 e. The van der Waals surface area contributed by atoms with Gasteiger partial charge in [-0.05, 0) is 30.5 Å². The first-order valence-electron chi connectivity index (χ1n) is 6.79. The summed E-state index contributed by atoms with van der Waals surface area (Å²) >= 11 is 0. The molecule has 1 fully saturated rings. The number of rotatable bonds is 4. The highest BCUT2D eigenvalue weighted by atomic mass is 32.2. The van der Waals surface area contributed by atoms with Crippen LogP contribution in [0, 0.1) is 0 Å². The Hall–Kier alpha value is -1.65. The van der Waals surface area contributed by atoms with Gasteiger partial charge in [0.2, 0.25) is 10.0 Å². The van der Waals surface area contributed by atoms with Crippen LogP contribution >= 0.6 is 0 Å². The average molecular weight is 287 g/mol. The third-order valence-electron chi connectivity index (χ3n) is 3.75. The van der Waals surface area contributed by atoms with E-state index in [9.17, 15) is 8.42 Å². The van der Waals surface area contributed by atoms with Gasteiger partial charge in [0.15, 0.2) is 0 Å². The molecule has 2 aromatic rings. The minimum Gasteiger partial charge on any atom is -0.207 e. The van der Waals surface area contributed by atoms with E-state index in [2.05, 4.69) is 0 Å². The Bertz CT molecular complexity index is 668. The number of hydrogen-bond acceptors (Lipinski definition) is 2. The zero-order chi connectivity index (χ0) is 14.0. The van der Waals surface area contributed by atoms with Gasteiger partial charge in [0.1, 0.15) is 0 Å². The van der Waals surface area contributed by atoms with Crippen LogP contribution in [0.1, 0.15) is 12.0 Å². The van der Waals surface area contributed by atoms with Gasteiger partial charge in [0, 0.05) is 12.6 Å². The van der Waals surface area contributed by atoms with Gasteiger partial charge in [0.05, 0.1) is 4.90 Å². The number of hydrogen-bond donors (Lipinski definition) is 0. The van der Waals surface area contributed by atoms with Crippen LogP contribution in [0.15, 0.2) is 65.6 Å². The Balaban J connectivity index is 1.78. The molecule has 0 spiro atoms. The first-order chi connectivity index (χ1) is 9.68. The first kappa shape index (κ1) is 13.3. The van der Waals surface area contributed by atoms with Gasteiger partial charge in [0.25, 0.3) is 0 Å².